The second-order valence-electron chi connectivity index (χ2n) is 6.10. The average Bonchev–Trinajstić information content (AvgIpc) is 3.37. The molecule has 2 heterocycles. The number of fused-ring (bicyclic) bond motifs is 1. The van der Waals surface area contributed by atoms with Crippen LogP contribution in [0, 0.1) is 0 Å². The molecule has 0 aliphatic carbocycles. The van der Waals surface area contributed by atoms with Crippen LogP contribution in [0.3, 0.4) is 0 Å². The Kier molecular flexibility index (Phi) is 5.89. The molecular weight excluding hydrogens is 412 g/mol. The molecule has 0 unspecified atom stereocenters. The third-order valence-corrected chi connectivity index (χ3v) is 4.99. The predicted octanol–water partition coefficient (Wildman–Crippen LogP) is 4.52. The van der Waals surface area contributed by atoms with Crippen molar-refractivity contribution in [1.82, 2.24) is 4.68 Å². The molecule has 1 aliphatic heterocycles. The summed E-state index contributed by atoms with van der Waals surface area (Å²) in [5.74, 6) is 1.46. The first kappa shape index (κ1) is 19.8. The van der Waals surface area contributed by atoms with Crippen molar-refractivity contribution in [2.75, 3.05) is 13.3 Å². The van der Waals surface area contributed by atoms with Gasteiger partial charge in [-0.3, -0.25) is 4.99 Å². The highest BCUT2D eigenvalue weighted by atomic mass is 32.1. The maximum atomic E-state index is 12.4. The molecule has 154 valence electrons. The van der Waals surface area contributed by atoms with E-state index in [1.807, 2.05) is 23.6 Å². The first-order valence-corrected chi connectivity index (χ1v) is 9.83. The zero-order valence-electron chi connectivity index (χ0n) is 15.7. The van der Waals surface area contributed by atoms with E-state index in [4.69, 9.17) is 9.47 Å². The van der Waals surface area contributed by atoms with Crippen molar-refractivity contribution in [3.63, 3.8) is 0 Å². The standard InChI is InChI=1S/C21H17F2N3O3S/c1-2-9-24-21-26(25-11-14-3-8-18-19(10-14)28-13-27-18)17(12-30-21)15-4-6-16(7-5-15)29-20(22)23/h2-8,10-12,20H,1,9,13H2/b24-21?,25-11+. The van der Waals surface area contributed by atoms with Gasteiger partial charge in [-0.15, -0.1) is 17.9 Å². The van der Waals surface area contributed by atoms with Gasteiger partial charge in [-0.1, -0.05) is 6.08 Å². The molecule has 6 nitrogen and oxygen atoms in total. The van der Waals surface area contributed by atoms with Crippen LogP contribution in [0.2, 0.25) is 0 Å². The SMILES string of the molecule is C=CCN=c1scc(-c2ccc(OC(F)F)cc2)n1/N=C/c1ccc2c(c1)OCO2. The summed E-state index contributed by atoms with van der Waals surface area (Å²) in [6, 6.07) is 11.9. The van der Waals surface area contributed by atoms with Crippen molar-refractivity contribution >= 4 is 17.6 Å². The van der Waals surface area contributed by atoms with Gasteiger partial charge in [0.05, 0.1) is 18.5 Å². The number of rotatable bonds is 7. The van der Waals surface area contributed by atoms with Gasteiger partial charge in [0, 0.05) is 10.9 Å². The van der Waals surface area contributed by atoms with Gasteiger partial charge in [0.1, 0.15) is 5.75 Å². The predicted molar refractivity (Wildman–Crippen MR) is 111 cm³/mol. The molecule has 0 fully saturated rings. The number of aromatic nitrogens is 1. The topological polar surface area (TPSA) is 57.3 Å². The molecule has 0 atom stereocenters. The van der Waals surface area contributed by atoms with Crippen LogP contribution >= 0.6 is 11.3 Å². The Morgan fingerprint density at radius 1 is 1.17 bits per heavy atom. The van der Waals surface area contributed by atoms with Crippen LogP contribution in [-0.2, 0) is 0 Å². The van der Waals surface area contributed by atoms with Crippen LogP contribution < -0.4 is 19.0 Å². The average molecular weight is 429 g/mol. The highest BCUT2D eigenvalue weighted by molar-refractivity contribution is 7.07. The summed E-state index contributed by atoms with van der Waals surface area (Å²) in [7, 11) is 0. The number of hydrogen-bond donors (Lipinski definition) is 0. The fraction of sp³-hybridized carbons (Fsp3) is 0.143. The van der Waals surface area contributed by atoms with Crippen LogP contribution in [0.1, 0.15) is 5.56 Å². The van der Waals surface area contributed by atoms with Crippen molar-refractivity contribution < 1.29 is 23.0 Å². The summed E-state index contributed by atoms with van der Waals surface area (Å²) in [4.78, 5) is 5.15. The summed E-state index contributed by atoms with van der Waals surface area (Å²) in [6.45, 7) is 1.48. The molecule has 30 heavy (non-hydrogen) atoms. The van der Waals surface area contributed by atoms with E-state index in [9.17, 15) is 8.78 Å². The molecular formula is C21H17F2N3O3S. The third-order valence-electron chi connectivity index (χ3n) is 4.14. The molecule has 9 heteroatoms. The number of alkyl halides is 2. The largest absolute Gasteiger partial charge is 0.454 e. The summed E-state index contributed by atoms with van der Waals surface area (Å²) >= 11 is 1.42. The van der Waals surface area contributed by atoms with E-state index < -0.39 is 6.61 Å². The van der Waals surface area contributed by atoms with Crippen molar-refractivity contribution in [3.8, 4) is 28.5 Å². The summed E-state index contributed by atoms with van der Waals surface area (Å²) in [6.07, 6.45) is 3.39. The minimum Gasteiger partial charge on any atom is -0.454 e. The minimum absolute atomic E-state index is 0.0935. The Bertz CT molecular complexity index is 1140. The molecule has 1 aromatic heterocycles. The smallest absolute Gasteiger partial charge is 0.387 e. The van der Waals surface area contributed by atoms with E-state index in [1.165, 1.54) is 23.5 Å². The Morgan fingerprint density at radius 2 is 1.97 bits per heavy atom. The maximum absolute atomic E-state index is 12.4. The van der Waals surface area contributed by atoms with Crippen LogP contribution in [0.15, 0.2) is 70.6 Å². The molecule has 0 saturated carbocycles. The lowest BCUT2D eigenvalue weighted by Crippen LogP contribution is -2.12. The highest BCUT2D eigenvalue weighted by Gasteiger charge is 2.13. The van der Waals surface area contributed by atoms with E-state index in [-0.39, 0.29) is 12.5 Å². The lowest BCUT2D eigenvalue weighted by molar-refractivity contribution is -0.0498. The van der Waals surface area contributed by atoms with Gasteiger partial charge in [-0.25, -0.2) is 4.68 Å². The molecule has 3 aromatic rings. The van der Waals surface area contributed by atoms with Crippen molar-refractivity contribution in [2.45, 2.75) is 6.61 Å². The normalized spacial score (nSPS) is 13.4. The van der Waals surface area contributed by atoms with Gasteiger partial charge < -0.3 is 14.2 Å². The Morgan fingerprint density at radius 3 is 2.73 bits per heavy atom. The number of halogens is 2. The van der Waals surface area contributed by atoms with E-state index in [0.29, 0.717) is 22.8 Å². The van der Waals surface area contributed by atoms with Gasteiger partial charge in [-0.2, -0.15) is 13.9 Å². The van der Waals surface area contributed by atoms with Crippen molar-refractivity contribution in [1.29, 1.82) is 0 Å². The second kappa shape index (κ2) is 8.91. The highest BCUT2D eigenvalue weighted by Crippen LogP contribution is 2.32. The first-order valence-electron chi connectivity index (χ1n) is 8.95. The number of thiazole rings is 1. The number of benzene rings is 2. The second-order valence-corrected chi connectivity index (χ2v) is 6.94. The van der Waals surface area contributed by atoms with Gasteiger partial charge in [-0.05, 0) is 48.0 Å². The van der Waals surface area contributed by atoms with Crippen LogP contribution in [0.4, 0.5) is 8.78 Å². The zero-order valence-corrected chi connectivity index (χ0v) is 16.5. The lowest BCUT2D eigenvalue weighted by Gasteiger charge is -2.07. The Hall–Kier alpha value is -3.46. The molecule has 4 rings (SSSR count). The van der Waals surface area contributed by atoms with Crippen LogP contribution in [-0.4, -0.2) is 30.8 Å². The van der Waals surface area contributed by atoms with Gasteiger partial charge in [0.2, 0.25) is 11.6 Å². The monoisotopic (exact) mass is 429 g/mol. The van der Waals surface area contributed by atoms with Crippen LogP contribution in [0.25, 0.3) is 11.3 Å². The molecule has 0 radical (unpaired) electrons. The maximum Gasteiger partial charge on any atom is 0.387 e. The van der Waals surface area contributed by atoms with Crippen molar-refractivity contribution in [2.24, 2.45) is 10.1 Å². The van der Waals surface area contributed by atoms with Gasteiger partial charge in [0.15, 0.2) is 11.5 Å². The van der Waals surface area contributed by atoms with Crippen LogP contribution in [0.5, 0.6) is 17.2 Å². The number of ether oxygens (including phenoxy) is 3. The van der Waals surface area contributed by atoms with E-state index in [0.717, 1.165) is 16.8 Å². The minimum atomic E-state index is -2.86. The van der Waals surface area contributed by atoms with E-state index in [2.05, 4.69) is 21.4 Å². The molecule has 0 amide bonds. The summed E-state index contributed by atoms with van der Waals surface area (Å²) in [5.41, 5.74) is 2.39. The summed E-state index contributed by atoms with van der Waals surface area (Å²) < 4.78 is 41.6. The lowest BCUT2D eigenvalue weighted by atomic mass is 10.2. The van der Waals surface area contributed by atoms with E-state index in [1.54, 1.807) is 29.1 Å². The fourth-order valence-electron chi connectivity index (χ4n) is 2.79. The molecule has 0 bridgehead atoms. The third kappa shape index (κ3) is 4.41. The molecule has 0 spiro atoms. The molecule has 2 aromatic carbocycles. The Labute approximate surface area is 175 Å². The summed E-state index contributed by atoms with van der Waals surface area (Å²) in [5, 5.41) is 6.49. The fourth-order valence-corrected chi connectivity index (χ4v) is 3.63. The number of hydrogen-bond acceptors (Lipinski definition) is 6. The quantitative estimate of drug-likeness (QED) is 0.410. The molecule has 0 N–H and O–H groups in total. The van der Waals surface area contributed by atoms with Crippen molar-refractivity contribution in [3.05, 3.63) is 70.9 Å². The molecule has 0 saturated heterocycles. The first-order chi connectivity index (χ1) is 14.6. The van der Waals surface area contributed by atoms with Gasteiger partial charge >= 0.3 is 6.61 Å². The zero-order chi connectivity index (χ0) is 20.9. The Balaban J connectivity index is 1.68. The molecule has 1 aliphatic rings. The van der Waals surface area contributed by atoms with Gasteiger partial charge in [0.25, 0.3) is 0 Å². The van der Waals surface area contributed by atoms with E-state index >= 15 is 0 Å². The number of nitrogens with zero attached hydrogens (tertiary/aromatic N) is 3.